The fourth-order valence-corrected chi connectivity index (χ4v) is 3.88. The second-order valence-corrected chi connectivity index (χ2v) is 8.50. The third kappa shape index (κ3) is 15.0. The number of primary amides is 1. The van der Waals surface area contributed by atoms with Crippen molar-refractivity contribution in [3.63, 3.8) is 0 Å². The third-order valence-corrected chi connectivity index (χ3v) is 5.76. The second kappa shape index (κ2) is 18.5. The number of unbranched alkanes of at least 4 members (excludes halogenated alkanes) is 15. The maximum atomic E-state index is 11.6. The van der Waals surface area contributed by atoms with Crippen molar-refractivity contribution in [2.75, 3.05) is 0 Å². The summed E-state index contributed by atoms with van der Waals surface area (Å²) in [5.41, 5.74) is 7.35. The van der Waals surface area contributed by atoms with E-state index in [4.69, 9.17) is 5.73 Å². The van der Waals surface area contributed by atoms with Crippen LogP contribution in [0.25, 0.3) is 6.08 Å². The summed E-state index contributed by atoms with van der Waals surface area (Å²) in [4.78, 5) is 11.6. The van der Waals surface area contributed by atoms with Crippen molar-refractivity contribution in [3.8, 4) is 0 Å². The minimum atomic E-state index is -0.283. The van der Waals surface area contributed by atoms with Crippen molar-refractivity contribution >= 4 is 12.0 Å². The van der Waals surface area contributed by atoms with Gasteiger partial charge in [0.15, 0.2) is 0 Å². The molecule has 164 valence electrons. The van der Waals surface area contributed by atoms with Gasteiger partial charge in [0.25, 0.3) is 0 Å². The Morgan fingerprint density at radius 1 is 0.690 bits per heavy atom. The van der Waals surface area contributed by atoms with E-state index in [9.17, 15) is 4.79 Å². The summed E-state index contributed by atoms with van der Waals surface area (Å²) in [6.45, 7) is 2.28. The molecule has 1 amide bonds. The molecule has 0 aliphatic rings. The van der Waals surface area contributed by atoms with E-state index in [0.717, 1.165) is 24.0 Å². The minimum absolute atomic E-state index is 0.283. The fraction of sp³-hybridized carbons (Fsp3) is 0.667. The zero-order chi connectivity index (χ0) is 21.0. The normalized spacial score (nSPS) is 11.7. The number of carbonyl (C=O) groups is 1. The lowest BCUT2D eigenvalue weighted by molar-refractivity contribution is -0.114. The van der Waals surface area contributed by atoms with Crippen molar-refractivity contribution in [1.29, 1.82) is 0 Å². The number of rotatable bonds is 19. The topological polar surface area (TPSA) is 43.1 Å². The zero-order valence-electron chi connectivity index (χ0n) is 19.0. The lowest BCUT2D eigenvalue weighted by atomic mass is 10.0. The second-order valence-electron chi connectivity index (χ2n) is 8.50. The molecule has 0 bridgehead atoms. The Kier molecular flexibility index (Phi) is 16.2. The van der Waals surface area contributed by atoms with Gasteiger partial charge in [-0.1, -0.05) is 134 Å². The van der Waals surface area contributed by atoms with Crippen molar-refractivity contribution in [1.82, 2.24) is 0 Å². The molecule has 0 fully saturated rings. The Hall–Kier alpha value is -1.57. The smallest absolute Gasteiger partial charge is 0.244 e. The molecule has 29 heavy (non-hydrogen) atoms. The zero-order valence-corrected chi connectivity index (χ0v) is 19.0. The molecule has 2 N–H and O–H groups in total. The van der Waals surface area contributed by atoms with Crippen molar-refractivity contribution in [3.05, 3.63) is 41.5 Å². The molecule has 0 aliphatic carbocycles. The number of hydrogen-bond acceptors (Lipinski definition) is 1. The SMILES string of the molecule is CCCCCCCCCCCCCCCCCCC(=Cc1ccccc1)C(N)=O. The predicted molar refractivity (Wildman–Crippen MR) is 128 cm³/mol. The summed E-state index contributed by atoms with van der Waals surface area (Å²) in [6, 6.07) is 9.97. The molecule has 0 radical (unpaired) electrons. The van der Waals surface area contributed by atoms with Gasteiger partial charge in [-0.3, -0.25) is 4.79 Å². The van der Waals surface area contributed by atoms with Gasteiger partial charge in [-0.05, 0) is 24.5 Å². The van der Waals surface area contributed by atoms with E-state index in [1.165, 1.54) is 96.3 Å². The van der Waals surface area contributed by atoms with Crippen LogP contribution in [0.15, 0.2) is 35.9 Å². The van der Waals surface area contributed by atoms with Gasteiger partial charge in [-0.2, -0.15) is 0 Å². The average molecular weight is 400 g/mol. The van der Waals surface area contributed by atoms with Gasteiger partial charge in [-0.15, -0.1) is 0 Å². The van der Waals surface area contributed by atoms with Crippen LogP contribution < -0.4 is 5.73 Å². The molecule has 0 saturated carbocycles. The Morgan fingerprint density at radius 3 is 1.52 bits per heavy atom. The predicted octanol–water partition coefficient (Wildman–Crippen LogP) is 8.21. The highest BCUT2D eigenvalue weighted by atomic mass is 16.1. The van der Waals surface area contributed by atoms with Gasteiger partial charge >= 0.3 is 0 Å². The van der Waals surface area contributed by atoms with E-state index in [-0.39, 0.29) is 5.91 Å². The molecule has 1 rings (SSSR count). The summed E-state index contributed by atoms with van der Waals surface area (Å²) in [5.74, 6) is -0.283. The monoisotopic (exact) mass is 399 g/mol. The standard InChI is InChI=1S/C27H45NO/c1-2-3-4-5-6-7-8-9-10-11-12-13-14-15-16-20-23-26(27(28)29)24-25-21-18-17-19-22-25/h17-19,21-22,24H,2-16,20,23H2,1H3,(H2,28,29). The van der Waals surface area contributed by atoms with Gasteiger partial charge in [-0.25, -0.2) is 0 Å². The Bertz CT molecular complexity index is 535. The Balaban J connectivity index is 1.92. The first-order chi connectivity index (χ1) is 14.2. The first-order valence-electron chi connectivity index (χ1n) is 12.3. The van der Waals surface area contributed by atoms with Gasteiger partial charge in [0, 0.05) is 5.57 Å². The highest BCUT2D eigenvalue weighted by Crippen LogP contribution is 2.16. The molecular weight excluding hydrogens is 354 g/mol. The molecule has 0 saturated heterocycles. The molecule has 1 aromatic carbocycles. The van der Waals surface area contributed by atoms with Crippen LogP contribution in [0.3, 0.4) is 0 Å². The molecule has 0 atom stereocenters. The number of amides is 1. The maximum absolute atomic E-state index is 11.6. The van der Waals surface area contributed by atoms with Crippen LogP contribution >= 0.6 is 0 Å². The summed E-state index contributed by atoms with van der Waals surface area (Å²) < 4.78 is 0. The molecule has 1 aromatic rings. The Morgan fingerprint density at radius 2 is 1.10 bits per heavy atom. The van der Waals surface area contributed by atoms with Crippen LogP contribution in [0.1, 0.15) is 122 Å². The van der Waals surface area contributed by atoms with Gasteiger partial charge in [0.2, 0.25) is 5.91 Å². The van der Waals surface area contributed by atoms with E-state index in [2.05, 4.69) is 6.92 Å². The number of carbonyl (C=O) groups excluding carboxylic acids is 1. The number of hydrogen-bond donors (Lipinski definition) is 1. The van der Waals surface area contributed by atoms with E-state index in [1.54, 1.807) is 0 Å². The van der Waals surface area contributed by atoms with Crippen LogP contribution in [0.4, 0.5) is 0 Å². The first kappa shape index (κ1) is 25.5. The molecule has 0 aromatic heterocycles. The van der Waals surface area contributed by atoms with E-state index in [0.29, 0.717) is 0 Å². The van der Waals surface area contributed by atoms with Crippen LogP contribution in [0, 0.1) is 0 Å². The lowest BCUT2D eigenvalue weighted by Crippen LogP contribution is -2.13. The molecule has 0 spiro atoms. The minimum Gasteiger partial charge on any atom is -0.366 e. The highest BCUT2D eigenvalue weighted by Gasteiger charge is 2.05. The molecular formula is C27H45NO. The molecule has 0 unspecified atom stereocenters. The van der Waals surface area contributed by atoms with Gasteiger partial charge in [0.1, 0.15) is 0 Å². The number of benzene rings is 1. The van der Waals surface area contributed by atoms with Crippen LogP contribution in [-0.2, 0) is 4.79 Å². The van der Waals surface area contributed by atoms with Crippen LogP contribution in [0.5, 0.6) is 0 Å². The molecule has 2 heteroatoms. The van der Waals surface area contributed by atoms with E-state index in [1.807, 2.05) is 36.4 Å². The number of nitrogens with two attached hydrogens (primary N) is 1. The summed E-state index contributed by atoms with van der Waals surface area (Å²) in [7, 11) is 0. The van der Waals surface area contributed by atoms with E-state index < -0.39 is 0 Å². The molecule has 2 nitrogen and oxygen atoms in total. The fourth-order valence-electron chi connectivity index (χ4n) is 3.88. The summed E-state index contributed by atoms with van der Waals surface area (Å²) >= 11 is 0. The van der Waals surface area contributed by atoms with Crippen LogP contribution in [0.2, 0.25) is 0 Å². The summed E-state index contributed by atoms with van der Waals surface area (Å²) in [5, 5.41) is 0. The van der Waals surface area contributed by atoms with Gasteiger partial charge in [0.05, 0.1) is 0 Å². The Labute approximate surface area is 180 Å². The van der Waals surface area contributed by atoms with Crippen molar-refractivity contribution in [2.24, 2.45) is 5.73 Å². The average Bonchev–Trinajstić information content (AvgIpc) is 2.73. The third-order valence-electron chi connectivity index (χ3n) is 5.76. The quantitative estimate of drug-likeness (QED) is 0.185. The summed E-state index contributed by atoms with van der Waals surface area (Å²) in [6.07, 6.45) is 24.5. The van der Waals surface area contributed by atoms with Crippen molar-refractivity contribution in [2.45, 2.75) is 116 Å². The van der Waals surface area contributed by atoms with Crippen LogP contribution in [-0.4, -0.2) is 5.91 Å². The molecule has 0 heterocycles. The first-order valence-corrected chi connectivity index (χ1v) is 12.3. The lowest BCUT2D eigenvalue weighted by Gasteiger charge is -2.05. The molecule has 0 aliphatic heterocycles. The highest BCUT2D eigenvalue weighted by molar-refractivity contribution is 5.96. The largest absolute Gasteiger partial charge is 0.366 e. The van der Waals surface area contributed by atoms with Gasteiger partial charge < -0.3 is 5.73 Å². The van der Waals surface area contributed by atoms with E-state index >= 15 is 0 Å². The van der Waals surface area contributed by atoms with Crippen molar-refractivity contribution < 1.29 is 4.79 Å². The maximum Gasteiger partial charge on any atom is 0.244 e.